The molecule has 3 aromatic rings. The van der Waals surface area contributed by atoms with Gasteiger partial charge in [-0.05, 0) is 30.3 Å². The molecule has 0 spiro atoms. The van der Waals surface area contributed by atoms with Gasteiger partial charge in [-0.3, -0.25) is 4.79 Å². The first-order chi connectivity index (χ1) is 11.2. The summed E-state index contributed by atoms with van der Waals surface area (Å²) in [5.74, 6) is 0.336. The summed E-state index contributed by atoms with van der Waals surface area (Å²) in [5, 5.41) is 7.34. The number of nitrogens with zero attached hydrogens (tertiary/aromatic N) is 3. The van der Waals surface area contributed by atoms with Crippen LogP contribution < -0.4 is 10.1 Å². The van der Waals surface area contributed by atoms with Gasteiger partial charge in [-0.25, -0.2) is 9.67 Å². The van der Waals surface area contributed by atoms with E-state index < -0.39 is 0 Å². The minimum Gasteiger partial charge on any atom is -0.484 e. The maximum absolute atomic E-state index is 12.1. The topological polar surface area (TPSA) is 69.0 Å². The van der Waals surface area contributed by atoms with Gasteiger partial charge in [-0.1, -0.05) is 29.8 Å². The van der Waals surface area contributed by atoms with Crippen LogP contribution in [0.4, 0.5) is 5.69 Å². The lowest BCUT2D eigenvalue weighted by Gasteiger charge is -2.12. The van der Waals surface area contributed by atoms with Crippen molar-refractivity contribution in [3.63, 3.8) is 0 Å². The van der Waals surface area contributed by atoms with Crippen molar-refractivity contribution in [3.05, 3.63) is 66.2 Å². The minimum absolute atomic E-state index is 0.104. The van der Waals surface area contributed by atoms with Crippen molar-refractivity contribution in [1.29, 1.82) is 0 Å². The van der Waals surface area contributed by atoms with Crippen LogP contribution in [0.25, 0.3) is 5.69 Å². The van der Waals surface area contributed by atoms with Crippen LogP contribution in [-0.2, 0) is 4.79 Å². The van der Waals surface area contributed by atoms with Crippen molar-refractivity contribution in [1.82, 2.24) is 14.8 Å². The second-order valence-corrected chi connectivity index (χ2v) is 5.09. The maximum Gasteiger partial charge on any atom is 0.262 e. The van der Waals surface area contributed by atoms with Crippen molar-refractivity contribution in [2.75, 3.05) is 11.9 Å². The summed E-state index contributed by atoms with van der Waals surface area (Å²) in [5.41, 5.74) is 1.20. The summed E-state index contributed by atoms with van der Waals surface area (Å²) >= 11 is 6.01. The highest BCUT2D eigenvalue weighted by Gasteiger charge is 2.10. The van der Waals surface area contributed by atoms with Gasteiger partial charge in [0.25, 0.3) is 5.91 Å². The number of aromatic nitrogens is 3. The molecule has 0 bridgehead atoms. The van der Waals surface area contributed by atoms with Crippen molar-refractivity contribution < 1.29 is 9.53 Å². The van der Waals surface area contributed by atoms with E-state index in [4.69, 9.17) is 16.3 Å². The van der Waals surface area contributed by atoms with Crippen LogP contribution in [0.15, 0.2) is 61.2 Å². The number of benzene rings is 2. The van der Waals surface area contributed by atoms with Crippen LogP contribution in [-0.4, -0.2) is 27.3 Å². The summed E-state index contributed by atoms with van der Waals surface area (Å²) in [4.78, 5) is 16.0. The fourth-order valence-corrected chi connectivity index (χ4v) is 2.16. The van der Waals surface area contributed by atoms with Gasteiger partial charge in [-0.2, -0.15) is 5.10 Å². The first-order valence-corrected chi connectivity index (χ1v) is 7.22. The molecular formula is C16H13ClN4O2. The summed E-state index contributed by atoms with van der Waals surface area (Å²) in [6.07, 6.45) is 2.96. The van der Waals surface area contributed by atoms with Gasteiger partial charge in [0, 0.05) is 5.02 Å². The average molecular weight is 329 g/mol. The molecule has 0 aliphatic heterocycles. The highest BCUT2D eigenvalue weighted by atomic mass is 35.5. The SMILES string of the molecule is O=C(COc1ccccc1)Nc1cc(Cl)ccc1-n1cncn1. The number of hydrogen-bond donors (Lipinski definition) is 1. The number of para-hydroxylation sites is 1. The molecule has 116 valence electrons. The molecule has 1 aromatic heterocycles. The molecule has 0 fully saturated rings. The summed E-state index contributed by atoms with van der Waals surface area (Å²) in [7, 11) is 0. The number of ether oxygens (including phenoxy) is 1. The minimum atomic E-state index is -0.294. The molecule has 0 unspecified atom stereocenters. The molecule has 3 rings (SSSR count). The average Bonchev–Trinajstić information content (AvgIpc) is 3.08. The molecule has 1 N–H and O–H groups in total. The second-order valence-electron chi connectivity index (χ2n) is 4.65. The summed E-state index contributed by atoms with van der Waals surface area (Å²) < 4.78 is 6.97. The number of halogens is 1. The number of nitrogens with one attached hydrogen (secondary N) is 1. The Labute approximate surface area is 137 Å². The predicted octanol–water partition coefficient (Wildman–Crippen LogP) is 2.94. The normalized spacial score (nSPS) is 10.3. The third-order valence-electron chi connectivity index (χ3n) is 3.01. The van der Waals surface area contributed by atoms with Gasteiger partial charge < -0.3 is 10.1 Å². The molecule has 2 aromatic carbocycles. The fraction of sp³-hybridized carbons (Fsp3) is 0.0625. The van der Waals surface area contributed by atoms with Crippen LogP contribution in [0.2, 0.25) is 5.02 Å². The van der Waals surface area contributed by atoms with Gasteiger partial charge >= 0.3 is 0 Å². The Balaban J connectivity index is 1.72. The number of hydrogen-bond acceptors (Lipinski definition) is 4. The van der Waals surface area contributed by atoms with Crippen LogP contribution >= 0.6 is 11.6 Å². The van der Waals surface area contributed by atoms with Crippen molar-refractivity contribution in [2.24, 2.45) is 0 Å². The van der Waals surface area contributed by atoms with Crippen molar-refractivity contribution >= 4 is 23.2 Å². The van der Waals surface area contributed by atoms with E-state index in [0.717, 1.165) is 0 Å². The molecule has 0 saturated heterocycles. The maximum atomic E-state index is 12.1. The third kappa shape index (κ3) is 3.87. The van der Waals surface area contributed by atoms with Gasteiger partial charge in [-0.15, -0.1) is 0 Å². The lowest BCUT2D eigenvalue weighted by molar-refractivity contribution is -0.118. The Morgan fingerprint density at radius 3 is 2.78 bits per heavy atom. The van der Waals surface area contributed by atoms with Gasteiger partial charge in [0.05, 0.1) is 11.4 Å². The van der Waals surface area contributed by atoms with E-state index in [0.29, 0.717) is 22.1 Å². The molecule has 7 heteroatoms. The lowest BCUT2D eigenvalue weighted by Crippen LogP contribution is -2.21. The zero-order valence-electron chi connectivity index (χ0n) is 12.0. The highest BCUT2D eigenvalue weighted by molar-refractivity contribution is 6.31. The quantitative estimate of drug-likeness (QED) is 0.782. The van der Waals surface area contributed by atoms with E-state index in [-0.39, 0.29) is 12.5 Å². The number of anilines is 1. The number of amides is 1. The first kappa shape index (κ1) is 15.1. The van der Waals surface area contributed by atoms with Gasteiger partial charge in [0.15, 0.2) is 6.61 Å². The Bertz CT molecular complexity index is 791. The number of carbonyl (C=O) groups excluding carboxylic acids is 1. The van der Waals surface area contributed by atoms with Crippen molar-refractivity contribution in [2.45, 2.75) is 0 Å². The Morgan fingerprint density at radius 1 is 1.22 bits per heavy atom. The monoisotopic (exact) mass is 328 g/mol. The van der Waals surface area contributed by atoms with Crippen LogP contribution in [0.1, 0.15) is 0 Å². The van der Waals surface area contributed by atoms with E-state index in [1.807, 2.05) is 18.2 Å². The molecule has 1 heterocycles. The fourth-order valence-electron chi connectivity index (χ4n) is 1.99. The first-order valence-electron chi connectivity index (χ1n) is 6.84. The third-order valence-corrected chi connectivity index (χ3v) is 3.25. The molecule has 0 atom stereocenters. The smallest absolute Gasteiger partial charge is 0.262 e. The van der Waals surface area contributed by atoms with Crippen LogP contribution in [0.5, 0.6) is 5.75 Å². The van der Waals surface area contributed by atoms with Gasteiger partial charge in [0.2, 0.25) is 0 Å². The molecular weight excluding hydrogens is 316 g/mol. The Hall–Kier alpha value is -2.86. The van der Waals surface area contributed by atoms with E-state index in [1.54, 1.807) is 41.3 Å². The predicted molar refractivity (Wildman–Crippen MR) is 86.9 cm³/mol. The number of carbonyl (C=O) groups is 1. The molecule has 0 radical (unpaired) electrons. The molecule has 6 nitrogen and oxygen atoms in total. The molecule has 0 aliphatic rings. The zero-order chi connectivity index (χ0) is 16.1. The summed E-state index contributed by atoms with van der Waals surface area (Å²) in [6.45, 7) is -0.104. The van der Waals surface area contributed by atoms with E-state index in [2.05, 4.69) is 15.4 Å². The summed E-state index contributed by atoms with van der Waals surface area (Å²) in [6, 6.07) is 14.3. The Kier molecular flexibility index (Phi) is 4.54. The Morgan fingerprint density at radius 2 is 2.04 bits per heavy atom. The molecule has 0 aliphatic carbocycles. The van der Waals surface area contributed by atoms with Crippen molar-refractivity contribution in [3.8, 4) is 11.4 Å². The van der Waals surface area contributed by atoms with E-state index in [9.17, 15) is 4.79 Å². The molecule has 23 heavy (non-hydrogen) atoms. The second kappa shape index (κ2) is 6.93. The van der Waals surface area contributed by atoms with Crippen LogP contribution in [0, 0.1) is 0 Å². The zero-order valence-corrected chi connectivity index (χ0v) is 12.8. The van der Waals surface area contributed by atoms with E-state index in [1.165, 1.54) is 6.33 Å². The lowest BCUT2D eigenvalue weighted by atomic mass is 10.2. The standard InChI is InChI=1S/C16H13ClN4O2/c17-12-6-7-15(21-11-18-10-19-21)14(8-12)20-16(22)9-23-13-4-2-1-3-5-13/h1-8,10-11H,9H2,(H,20,22). The molecule has 1 amide bonds. The largest absolute Gasteiger partial charge is 0.484 e. The van der Waals surface area contributed by atoms with E-state index >= 15 is 0 Å². The van der Waals surface area contributed by atoms with Crippen LogP contribution in [0.3, 0.4) is 0 Å². The molecule has 0 saturated carbocycles. The highest BCUT2D eigenvalue weighted by Crippen LogP contribution is 2.23. The van der Waals surface area contributed by atoms with Gasteiger partial charge in [0.1, 0.15) is 18.4 Å². The number of rotatable bonds is 5.